The highest BCUT2D eigenvalue weighted by molar-refractivity contribution is 5.76. The summed E-state index contributed by atoms with van der Waals surface area (Å²) in [4.78, 5) is 10.9. The largest absolute Gasteiger partial charge is 0.481 e. The van der Waals surface area contributed by atoms with E-state index in [0.717, 1.165) is 0 Å². The van der Waals surface area contributed by atoms with Gasteiger partial charge in [0, 0.05) is 5.57 Å². The van der Waals surface area contributed by atoms with Gasteiger partial charge in [-0.2, -0.15) is 5.26 Å². The van der Waals surface area contributed by atoms with Crippen molar-refractivity contribution >= 4 is 5.97 Å². The third-order valence-corrected chi connectivity index (χ3v) is 3.01. The Balaban J connectivity index is 2.86. The van der Waals surface area contributed by atoms with Crippen LogP contribution in [0.25, 0.3) is 0 Å². The zero-order chi connectivity index (χ0) is 11.6. The first-order valence-electron chi connectivity index (χ1n) is 4.92. The van der Waals surface area contributed by atoms with Crippen molar-refractivity contribution < 1.29 is 9.90 Å². The van der Waals surface area contributed by atoms with Crippen LogP contribution in [-0.2, 0) is 4.79 Å². The molecule has 3 nitrogen and oxygen atoms in total. The Morgan fingerprint density at radius 1 is 1.53 bits per heavy atom. The van der Waals surface area contributed by atoms with Gasteiger partial charge in [0.15, 0.2) is 0 Å². The summed E-state index contributed by atoms with van der Waals surface area (Å²) in [6.45, 7) is 5.66. The highest BCUT2D eigenvalue weighted by Crippen LogP contribution is 2.59. The monoisotopic (exact) mass is 205 g/mol. The van der Waals surface area contributed by atoms with Gasteiger partial charge in [-0.1, -0.05) is 26.0 Å². The predicted octanol–water partition coefficient (Wildman–Crippen LogP) is 2.37. The summed E-state index contributed by atoms with van der Waals surface area (Å²) in [6, 6.07) is 2.05. The first-order chi connectivity index (χ1) is 6.95. The first kappa shape index (κ1) is 11.5. The van der Waals surface area contributed by atoms with Crippen LogP contribution in [0.4, 0.5) is 0 Å². The van der Waals surface area contributed by atoms with Gasteiger partial charge in [-0.15, -0.1) is 0 Å². The van der Waals surface area contributed by atoms with Crippen molar-refractivity contribution in [3.8, 4) is 6.07 Å². The van der Waals surface area contributed by atoms with Gasteiger partial charge in [-0.05, 0) is 24.3 Å². The second kappa shape index (κ2) is 3.90. The molecule has 15 heavy (non-hydrogen) atoms. The van der Waals surface area contributed by atoms with Gasteiger partial charge < -0.3 is 5.11 Å². The first-order valence-corrected chi connectivity index (χ1v) is 4.92. The topological polar surface area (TPSA) is 61.1 Å². The molecule has 0 amide bonds. The number of nitrogens with zero attached hydrogens (tertiary/aromatic N) is 1. The quantitative estimate of drug-likeness (QED) is 0.568. The SMILES string of the molecule is CC=CC(C#N)=CC1[C@@H](C(=O)O)C1(C)C. The van der Waals surface area contributed by atoms with E-state index in [1.54, 1.807) is 18.2 Å². The van der Waals surface area contributed by atoms with E-state index in [0.29, 0.717) is 5.57 Å². The predicted molar refractivity (Wildman–Crippen MR) is 56.9 cm³/mol. The van der Waals surface area contributed by atoms with E-state index in [-0.39, 0.29) is 17.3 Å². The van der Waals surface area contributed by atoms with Crippen LogP contribution in [0.1, 0.15) is 20.8 Å². The molecular formula is C12H15NO2. The van der Waals surface area contributed by atoms with E-state index in [1.807, 2.05) is 20.8 Å². The molecule has 0 aliphatic heterocycles. The van der Waals surface area contributed by atoms with Crippen LogP contribution < -0.4 is 0 Å². The fraction of sp³-hybridized carbons (Fsp3) is 0.500. The van der Waals surface area contributed by atoms with Crippen molar-refractivity contribution in [2.75, 3.05) is 0 Å². The van der Waals surface area contributed by atoms with E-state index in [9.17, 15) is 4.79 Å². The van der Waals surface area contributed by atoms with E-state index >= 15 is 0 Å². The van der Waals surface area contributed by atoms with E-state index < -0.39 is 5.97 Å². The lowest BCUT2D eigenvalue weighted by Crippen LogP contribution is -2.03. The molecule has 2 atom stereocenters. The van der Waals surface area contributed by atoms with Gasteiger partial charge in [-0.25, -0.2) is 0 Å². The minimum absolute atomic E-state index is 0.0270. The Hall–Kier alpha value is -1.56. The molecule has 0 radical (unpaired) electrons. The molecule has 1 aliphatic carbocycles. The van der Waals surface area contributed by atoms with Crippen molar-refractivity contribution in [1.29, 1.82) is 5.26 Å². The molecule has 1 fully saturated rings. The summed E-state index contributed by atoms with van der Waals surface area (Å²) in [7, 11) is 0. The molecule has 3 heteroatoms. The summed E-state index contributed by atoms with van der Waals surface area (Å²) >= 11 is 0. The van der Waals surface area contributed by atoms with Crippen molar-refractivity contribution in [3.63, 3.8) is 0 Å². The summed E-state index contributed by atoms with van der Waals surface area (Å²) in [5.41, 5.74) is 0.314. The van der Waals surface area contributed by atoms with Crippen LogP contribution in [-0.4, -0.2) is 11.1 Å². The number of allylic oxidation sites excluding steroid dienone is 4. The minimum atomic E-state index is -0.779. The summed E-state index contributed by atoms with van der Waals surface area (Å²) in [5, 5.41) is 17.8. The number of hydrogen-bond acceptors (Lipinski definition) is 2. The Labute approximate surface area is 89.7 Å². The van der Waals surface area contributed by atoms with Gasteiger partial charge in [-0.3, -0.25) is 4.79 Å². The number of carbonyl (C=O) groups is 1. The van der Waals surface area contributed by atoms with E-state index in [1.165, 1.54) is 0 Å². The maximum absolute atomic E-state index is 10.9. The molecule has 0 aromatic heterocycles. The lowest BCUT2D eigenvalue weighted by Gasteiger charge is -1.96. The average molecular weight is 205 g/mol. The fourth-order valence-electron chi connectivity index (χ4n) is 1.96. The van der Waals surface area contributed by atoms with E-state index in [2.05, 4.69) is 6.07 Å². The third kappa shape index (κ3) is 2.10. The van der Waals surface area contributed by atoms with Crippen LogP contribution in [0.2, 0.25) is 0 Å². The van der Waals surface area contributed by atoms with E-state index in [4.69, 9.17) is 10.4 Å². The molecule has 0 spiro atoms. The molecule has 0 aromatic rings. The maximum atomic E-state index is 10.9. The van der Waals surface area contributed by atoms with Crippen LogP contribution in [0.3, 0.4) is 0 Å². The molecular weight excluding hydrogens is 190 g/mol. The Morgan fingerprint density at radius 3 is 2.47 bits per heavy atom. The molecule has 1 N–H and O–H groups in total. The Bertz CT molecular complexity index is 372. The van der Waals surface area contributed by atoms with Crippen LogP contribution in [0.5, 0.6) is 0 Å². The molecule has 0 heterocycles. The van der Waals surface area contributed by atoms with Gasteiger partial charge in [0.2, 0.25) is 0 Å². The molecule has 1 unspecified atom stereocenters. The lowest BCUT2D eigenvalue weighted by molar-refractivity contribution is -0.139. The molecule has 0 bridgehead atoms. The zero-order valence-electron chi connectivity index (χ0n) is 9.19. The highest BCUT2D eigenvalue weighted by Gasteiger charge is 2.60. The zero-order valence-corrected chi connectivity index (χ0v) is 9.19. The second-order valence-corrected chi connectivity index (χ2v) is 4.40. The normalized spacial score (nSPS) is 28.8. The van der Waals surface area contributed by atoms with Crippen molar-refractivity contribution in [3.05, 3.63) is 23.8 Å². The van der Waals surface area contributed by atoms with Gasteiger partial charge >= 0.3 is 5.97 Å². The Kier molecular flexibility index (Phi) is 2.99. The number of rotatable bonds is 3. The van der Waals surface area contributed by atoms with Crippen molar-refractivity contribution in [2.24, 2.45) is 17.3 Å². The molecule has 1 aliphatic rings. The minimum Gasteiger partial charge on any atom is -0.481 e. The van der Waals surface area contributed by atoms with Gasteiger partial charge in [0.1, 0.15) is 0 Å². The third-order valence-electron chi connectivity index (χ3n) is 3.01. The number of hydrogen-bond donors (Lipinski definition) is 1. The van der Waals surface area contributed by atoms with Crippen molar-refractivity contribution in [1.82, 2.24) is 0 Å². The summed E-state index contributed by atoms with van der Waals surface area (Å²) in [6.07, 6.45) is 5.24. The number of carboxylic acids is 1. The fourth-order valence-corrected chi connectivity index (χ4v) is 1.96. The second-order valence-electron chi connectivity index (χ2n) is 4.40. The molecule has 1 saturated carbocycles. The number of carboxylic acid groups (broad SMARTS) is 1. The van der Waals surface area contributed by atoms with Crippen LogP contribution in [0.15, 0.2) is 23.8 Å². The molecule has 1 rings (SSSR count). The number of aliphatic carboxylic acids is 1. The van der Waals surface area contributed by atoms with Crippen LogP contribution in [0, 0.1) is 28.6 Å². The van der Waals surface area contributed by atoms with Gasteiger partial charge in [0.25, 0.3) is 0 Å². The standard InChI is InChI=1S/C12H15NO2/c1-4-5-8(7-13)6-9-10(11(14)15)12(9,2)3/h4-6,9-10H,1-3H3,(H,14,15)/t9?,10-/m0/s1. The molecule has 0 saturated heterocycles. The maximum Gasteiger partial charge on any atom is 0.307 e. The van der Waals surface area contributed by atoms with Gasteiger partial charge in [0.05, 0.1) is 12.0 Å². The van der Waals surface area contributed by atoms with Crippen LogP contribution >= 0.6 is 0 Å². The number of nitriles is 1. The molecule has 80 valence electrons. The highest BCUT2D eigenvalue weighted by atomic mass is 16.4. The lowest BCUT2D eigenvalue weighted by atomic mass is 10.1. The summed E-state index contributed by atoms with van der Waals surface area (Å²) in [5.74, 6) is -1.16. The summed E-state index contributed by atoms with van der Waals surface area (Å²) < 4.78 is 0. The molecule has 0 aromatic carbocycles. The average Bonchev–Trinajstić information content (AvgIpc) is 2.67. The van der Waals surface area contributed by atoms with Crippen molar-refractivity contribution in [2.45, 2.75) is 20.8 Å². The smallest absolute Gasteiger partial charge is 0.307 e. The Morgan fingerprint density at radius 2 is 2.13 bits per heavy atom.